The molecule has 0 spiro atoms. The quantitative estimate of drug-likeness (QED) is 0.922. The monoisotopic (exact) mass is 261 g/mol. The molecule has 2 rings (SSSR count). The van der Waals surface area contributed by atoms with E-state index in [1.165, 1.54) is 25.4 Å². The number of aryl methyl sites for hydroxylation is 1. The first kappa shape index (κ1) is 13.0. The van der Waals surface area contributed by atoms with Gasteiger partial charge < -0.3 is 9.84 Å². The topological polar surface area (TPSA) is 59.4 Å². The molecule has 0 unspecified atom stereocenters. The van der Waals surface area contributed by atoms with Gasteiger partial charge in [0.15, 0.2) is 0 Å². The van der Waals surface area contributed by atoms with Crippen LogP contribution in [0.15, 0.2) is 30.5 Å². The minimum atomic E-state index is -1.17. The maximum atomic E-state index is 13.8. The highest BCUT2D eigenvalue weighted by Gasteiger charge is 2.15. The first-order valence-corrected chi connectivity index (χ1v) is 5.56. The highest BCUT2D eigenvalue weighted by atomic mass is 19.1. The number of ether oxygens (including phenoxy) is 1. The zero-order chi connectivity index (χ0) is 14.0. The fourth-order valence-electron chi connectivity index (χ4n) is 1.77. The van der Waals surface area contributed by atoms with E-state index in [2.05, 4.69) is 4.98 Å². The lowest BCUT2D eigenvalue weighted by Gasteiger charge is -2.08. The molecule has 0 atom stereocenters. The van der Waals surface area contributed by atoms with E-state index in [-0.39, 0.29) is 11.4 Å². The van der Waals surface area contributed by atoms with Gasteiger partial charge >= 0.3 is 5.97 Å². The number of pyridine rings is 1. The third-order valence-corrected chi connectivity index (χ3v) is 2.71. The van der Waals surface area contributed by atoms with Gasteiger partial charge in [-0.05, 0) is 24.6 Å². The van der Waals surface area contributed by atoms with Gasteiger partial charge in [-0.1, -0.05) is 12.1 Å². The van der Waals surface area contributed by atoms with Crippen LogP contribution in [0.1, 0.15) is 15.9 Å². The number of methoxy groups -OCH3 is 1. The standard InChI is InChI=1S/C14H12FNO3/c1-8-3-4-10(12(15)5-8)9-6-11(14(17)18)13(19-2)16-7-9/h3-7H,1-2H3,(H,17,18). The first-order chi connectivity index (χ1) is 9.02. The number of carbonyl (C=O) groups is 1. The molecule has 0 saturated heterocycles. The smallest absolute Gasteiger partial charge is 0.341 e. The van der Waals surface area contributed by atoms with Gasteiger partial charge in [-0.15, -0.1) is 0 Å². The van der Waals surface area contributed by atoms with Crippen LogP contribution in [0.25, 0.3) is 11.1 Å². The summed E-state index contributed by atoms with van der Waals surface area (Å²) < 4.78 is 18.7. The number of aromatic carboxylic acids is 1. The molecule has 0 fully saturated rings. The van der Waals surface area contributed by atoms with Gasteiger partial charge in [0.2, 0.25) is 5.88 Å². The summed E-state index contributed by atoms with van der Waals surface area (Å²) in [6.07, 6.45) is 1.39. The predicted molar refractivity (Wildman–Crippen MR) is 67.9 cm³/mol. The Hall–Kier alpha value is -2.43. The number of aromatic nitrogens is 1. The summed E-state index contributed by atoms with van der Waals surface area (Å²) in [6.45, 7) is 1.78. The molecule has 0 radical (unpaired) electrons. The van der Waals surface area contributed by atoms with Gasteiger partial charge in [0.1, 0.15) is 11.4 Å². The van der Waals surface area contributed by atoms with Crippen molar-refractivity contribution in [3.05, 3.63) is 47.4 Å². The third kappa shape index (κ3) is 2.54. The number of carboxylic acids is 1. The zero-order valence-corrected chi connectivity index (χ0v) is 10.5. The molecule has 2 aromatic rings. The molecule has 1 aromatic heterocycles. The van der Waals surface area contributed by atoms with Crippen LogP contribution in [0.2, 0.25) is 0 Å². The summed E-state index contributed by atoms with van der Waals surface area (Å²) in [6, 6.07) is 6.09. The van der Waals surface area contributed by atoms with Crippen LogP contribution in [0.4, 0.5) is 4.39 Å². The molecular formula is C14H12FNO3. The van der Waals surface area contributed by atoms with Crippen LogP contribution in [0.3, 0.4) is 0 Å². The molecule has 0 bridgehead atoms. The average molecular weight is 261 g/mol. The van der Waals surface area contributed by atoms with Gasteiger partial charge in [0.05, 0.1) is 7.11 Å². The summed E-state index contributed by atoms with van der Waals surface area (Å²) in [5.41, 5.74) is 1.40. The maximum Gasteiger partial charge on any atom is 0.341 e. The highest BCUT2D eigenvalue weighted by Crippen LogP contribution is 2.27. The van der Waals surface area contributed by atoms with Crippen LogP contribution in [0, 0.1) is 12.7 Å². The molecule has 19 heavy (non-hydrogen) atoms. The van der Waals surface area contributed by atoms with E-state index in [1.807, 2.05) is 0 Å². The molecule has 98 valence electrons. The van der Waals surface area contributed by atoms with Crippen LogP contribution >= 0.6 is 0 Å². The molecule has 1 heterocycles. The lowest BCUT2D eigenvalue weighted by molar-refractivity contribution is 0.0692. The van der Waals surface area contributed by atoms with Gasteiger partial charge in [-0.3, -0.25) is 0 Å². The fourth-order valence-corrected chi connectivity index (χ4v) is 1.77. The van der Waals surface area contributed by atoms with Crippen molar-refractivity contribution >= 4 is 5.97 Å². The Morgan fingerprint density at radius 2 is 2.11 bits per heavy atom. The average Bonchev–Trinajstić information content (AvgIpc) is 2.38. The molecule has 5 heteroatoms. The summed E-state index contributed by atoms with van der Waals surface area (Å²) in [5.74, 6) is -1.58. The first-order valence-electron chi connectivity index (χ1n) is 5.56. The molecule has 0 aliphatic heterocycles. The van der Waals surface area contributed by atoms with Gasteiger partial charge in [-0.25, -0.2) is 14.2 Å². The van der Waals surface area contributed by atoms with Crippen molar-refractivity contribution in [1.29, 1.82) is 0 Å². The molecular weight excluding hydrogens is 249 g/mol. The lowest BCUT2D eigenvalue weighted by atomic mass is 10.0. The molecule has 1 N–H and O–H groups in total. The Morgan fingerprint density at radius 3 is 2.68 bits per heavy atom. The fraction of sp³-hybridized carbons (Fsp3) is 0.143. The van der Waals surface area contributed by atoms with E-state index in [9.17, 15) is 9.18 Å². The van der Waals surface area contributed by atoms with E-state index >= 15 is 0 Å². The number of carboxylic acid groups (broad SMARTS) is 1. The van der Waals surface area contributed by atoms with Gasteiger partial charge in [-0.2, -0.15) is 0 Å². The summed E-state index contributed by atoms with van der Waals surface area (Å²) in [7, 11) is 1.33. The van der Waals surface area contributed by atoms with Crippen molar-refractivity contribution in [1.82, 2.24) is 4.98 Å². The minimum absolute atomic E-state index is 0.00349. The zero-order valence-electron chi connectivity index (χ0n) is 10.5. The minimum Gasteiger partial charge on any atom is -0.480 e. The molecule has 4 nitrogen and oxygen atoms in total. The number of hydrogen-bond donors (Lipinski definition) is 1. The third-order valence-electron chi connectivity index (χ3n) is 2.71. The van der Waals surface area contributed by atoms with Crippen molar-refractivity contribution in [2.24, 2.45) is 0 Å². The van der Waals surface area contributed by atoms with Gasteiger partial charge in [0, 0.05) is 17.3 Å². The van der Waals surface area contributed by atoms with E-state index in [4.69, 9.17) is 9.84 Å². The Bertz CT molecular complexity index is 641. The van der Waals surface area contributed by atoms with E-state index < -0.39 is 11.8 Å². The van der Waals surface area contributed by atoms with Crippen molar-refractivity contribution < 1.29 is 19.0 Å². The van der Waals surface area contributed by atoms with Crippen molar-refractivity contribution in [2.45, 2.75) is 6.92 Å². The van der Waals surface area contributed by atoms with Crippen LogP contribution < -0.4 is 4.74 Å². The summed E-state index contributed by atoms with van der Waals surface area (Å²) >= 11 is 0. The van der Waals surface area contributed by atoms with Crippen molar-refractivity contribution in [3.8, 4) is 17.0 Å². The van der Waals surface area contributed by atoms with Crippen LogP contribution in [0.5, 0.6) is 5.88 Å². The Morgan fingerprint density at radius 1 is 1.37 bits per heavy atom. The molecule has 0 aliphatic carbocycles. The summed E-state index contributed by atoms with van der Waals surface area (Å²) in [5, 5.41) is 9.07. The largest absolute Gasteiger partial charge is 0.480 e. The van der Waals surface area contributed by atoms with Crippen molar-refractivity contribution in [2.75, 3.05) is 7.11 Å². The lowest BCUT2D eigenvalue weighted by Crippen LogP contribution is -2.03. The van der Waals surface area contributed by atoms with Crippen molar-refractivity contribution in [3.63, 3.8) is 0 Å². The molecule has 0 saturated carbocycles. The second kappa shape index (κ2) is 5.06. The van der Waals surface area contributed by atoms with E-state index in [0.29, 0.717) is 11.1 Å². The molecule has 0 amide bonds. The maximum absolute atomic E-state index is 13.8. The second-order valence-corrected chi connectivity index (χ2v) is 4.07. The van der Waals surface area contributed by atoms with Crippen LogP contribution in [-0.4, -0.2) is 23.2 Å². The Balaban J connectivity index is 2.57. The predicted octanol–water partition coefficient (Wildman–Crippen LogP) is 2.90. The van der Waals surface area contributed by atoms with Crippen LogP contribution in [-0.2, 0) is 0 Å². The SMILES string of the molecule is COc1ncc(-c2ccc(C)cc2F)cc1C(=O)O. The number of nitrogens with zero attached hydrogens (tertiary/aromatic N) is 1. The highest BCUT2D eigenvalue weighted by molar-refractivity contribution is 5.91. The number of benzene rings is 1. The number of rotatable bonds is 3. The number of halogens is 1. The Kier molecular flexibility index (Phi) is 3.46. The van der Waals surface area contributed by atoms with E-state index in [0.717, 1.165) is 5.56 Å². The van der Waals surface area contributed by atoms with E-state index in [1.54, 1.807) is 19.1 Å². The normalized spacial score (nSPS) is 10.3. The molecule has 0 aliphatic rings. The number of hydrogen-bond acceptors (Lipinski definition) is 3. The molecule has 1 aromatic carbocycles. The summed E-state index contributed by atoms with van der Waals surface area (Å²) in [4.78, 5) is 15.0. The van der Waals surface area contributed by atoms with Gasteiger partial charge in [0.25, 0.3) is 0 Å². The Labute approximate surface area is 109 Å². The second-order valence-electron chi connectivity index (χ2n) is 4.07.